The molecule has 4 heteroatoms. The van der Waals surface area contributed by atoms with Crippen LogP contribution in [0.15, 0.2) is 10.6 Å². The SMILES string of the molecule is CCOC1CC(NCc2ncc(C)o2)C1(C)CC. The number of oxazole rings is 1. The highest BCUT2D eigenvalue weighted by Gasteiger charge is 2.50. The van der Waals surface area contributed by atoms with Crippen LogP contribution in [0.5, 0.6) is 0 Å². The molecule has 3 unspecified atom stereocenters. The van der Waals surface area contributed by atoms with E-state index < -0.39 is 0 Å². The van der Waals surface area contributed by atoms with Crippen LogP contribution in [0.2, 0.25) is 0 Å². The Hall–Kier alpha value is -0.870. The zero-order chi connectivity index (χ0) is 13.2. The maximum atomic E-state index is 5.79. The van der Waals surface area contributed by atoms with Gasteiger partial charge in [-0.05, 0) is 26.7 Å². The summed E-state index contributed by atoms with van der Waals surface area (Å²) in [5, 5.41) is 3.54. The van der Waals surface area contributed by atoms with Crippen molar-refractivity contribution >= 4 is 0 Å². The minimum atomic E-state index is 0.234. The van der Waals surface area contributed by atoms with Gasteiger partial charge in [0.2, 0.25) is 5.89 Å². The summed E-state index contributed by atoms with van der Waals surface area (Å²) in [4.78, 5) is 4.21. The third kappa shape index (κ3) is 2.45. The Balaban J connectivity index is 1.87. The Morgan fingerprint density at radius 2 is 2.33 bits per heavy atom. The first-order chi connectivity index (χ1) is 8.60. The largest absolute Gasteiger partial charge is 0.445 e. The fourth-order valence-electron chi connectivity index (χ4n) is 2.76. The van der Waals surface area contributed by atoms with Crippen molar-refractivity contribution in [2.75, 3.05) is 6.61 Å². The number of ether oxygens (including phenoxy) is 1. The standard InChI is InChI=1S/C14H24N2O2/c1-5-14(4)11(7-12(14)17-6-2)15-9-13-16-8-10(3)18-13/h8,11-12,15H,5-7,9H2,1-4H3. The van der Waals surface area contributed by atoms with Gasteiger partial charge in [-0.1, -0.05) is 13.8 Å². The van der Waals surface area contributed by atoms with Gasteiger partial charge in [-0.25, -0.2) is 4.98 Å². The molecule has 1 aliphatic rings. The summed E-state index contributed by atoms with van der Waals surface area (Å²) in [5.41, 5.74) is 0.234. The predicted molar refractivity (Wildman–Crippen MR) is 70.3 cm³/mol. The molecule has 4 nitrogen and oxygen atoms in total. The van der Waals surface area contributed by atoms with Crippen molar-refractivity contribution in [2.24, 2.45) is 5.41 Å². The molecule has 0 saturated heterocycles. The van der Waals surface area contributed by atoms with Crippen LogP contribution in [-0.2, 0) is 11.3 Å². The molecular formula is C14H24N2O2. The maximum Gasteiger partial charge on any atom is 0.208 e. The number of nitrogens with zero attached hydrogens (tertiary/aromatic N) is 1. The van der Waals surface area contributed by atoms with Crippen LogP contribution in [0.25, 0.3) is 0 Å². The Morgan fingerprint density at radius 1 is 1.56 bits per heavy atom. The molecule has 0 radical (unpaired) electrons. The summed E-state index contributed by atoms with van der Waals surface area (Å²) in [6.07, 6.45) is 4.36. The van der Waals surface area contributed by atoms with Crippen molar-refractivity contribution in [1.29, 1.82) is 0 Å². The molecule has 1 aromatic heterocycles. The number of hydrogen-bond donors (Lipinski definition) is 1. The highest BCUT2D eigenvalue weighted by molar-refractivity contribution is 5.05. The van der Waals surface area contributed by atoms with Crippen LogP contribution in [0, 0.1) is 12.3 Å². The van der Waals surface area contributed by atoms with Crippen molar-refractivity contribution < 1.29 is 9.15 Å². The Bertz CT molecular complexity index is 391. The molecule has 18 heavy (non-hydrogen) atoms. The fraction of sp³-hybridized carbons (Fsp3) is 0.786. The molecule has 3 atom stereocenters. The molecule has 1 aromatic rings. The summed E-state index contributed by atoms with van der Waals surface area (Å²) >= 11 is 0. The number of nitrogens with one attached hydrogen (secondary N) is 1. The monoisotopic (exact) mass is 252 g/mol. The highest BCUT2D eigenvalue weighted by Crippen LogP contribution is 2.45. The second kappa shape index (κ2) is 5.41. The first kappa shape index (κ1) is 13.6. The topological polar surface area (TPSA) is 47.3 Å². The first-order valence-corrected chi connectivity index (χ1v) is 6.86. The summed E-state index contributed by atoms with van der Waals surface area (Å²) < 4.78 is 11.3. The molecular weight excluding hydrogens is 228 g/mol. The van der Waals surface area contributed by atoms with Gasteiger partial charge < -0.3 is 14.5 Å². The van der Waals surface area contributed by atoms with E-state index in [0.29, 0.717) is 18.7 Å². The van der Waals surface area contributed by atoms with Gasteiger partial charge in [0, 0.05) is 18.1 Å². The molecule has 0 aliphatic heterocycles. The molecule has 1 heterocycles. The molecule has 0 spiro atoms. The van der Waals surface area contributed by atoms with Gasteiger partial charge in [-0.3, -0.25) is 0 Å². The fourth-order valence-corrected chi connectivity index (χ4v) is 2.76. The minimum Gasteiger partial charge on any atom is -0.445 e. The van der Waals surface area contributed by atoms with Crippen molar-refractivity contribution in [2.45, 2.75) is 59.2 Å². The summed E-state index contributed by atoms with van der Waals surface area (Å²) in [7, 11) is 0. The second-order valence-electron chi connectivity index (χ2n) is 5.34. The van der Waals surface area contributed by atoms with Gasteiger partial charge in [0.05, 0.1) is 18.8 Å². The summed E-state index contributed by atoms with van der Waals surface area (Å²) in [6, 6.07) is 0.492. The van der Waals surface area contributed by atoms with E-state index in [1.807, 2.05) is 6.92 Å². The Morgan fingerprint density at radius 3 is 2.89 bits per heavy atom. The predicted octanol–water partition coefficient (Wildman–Crippen LogP) is 2.67. The number of aryl methyl sites for hydroxylation is 1. The molecule has 0 bridgehead atoms. The lowest BCUT2D eigenvalue weighted by atomic mass is 9.61. The Labute approximate surface area is 109 Å². The van der Waals surface area contributed by atoms with E-state index >= 15 is 0 Å². The van der Waals surface area contributed by atoms with E-state index in [2.05, 4.69) is 31.1 Å². The summed E-state index contributed by atoms with van der Waals surface area (Å²) in [6.45, 7) is 10.0. The third-order valence-electron chi connectivity index (χ3n) is 4.28. The van der Waals surface area contributed by atoms with Crippen molar-refractivity contribution in [3.63, 3.8) is 0 Å². The maximum absolute atomic E-state index is 5.79. The number of rotatable bonds is 6. The van der Waals surface area contributed by atoms with Crippen molar-refractivity contribution in [1.82, 2.24) is 10.3 Å². The molecule has 1 N–H and O–H groups in total. The van der Waals surface area contributed by atoms with E-state index in [1.54, 1.807) is 6.20 Å². The van der Waals surface area contributed by atoms with Gasteiger partial charge in [0.25, 0.3) is 0 Å². The van der Waals surface area contributed by atoms with E-state index in [0.717, 1.165) is 31.1 Å². The van der Waals surface area contributed by atoms with Gasteiger partial charge in [-0.2, -0.15) is 0 Å². The first-order valence-electron chi connectivity index (χ1n) is 6.86. The molecule has 102 valence electrons. The molecule has 0 amide bonds. The van der Waals surface area contributed by atoms with Crippen LogP contribution >= 0.6 is 0 Å². The van der Waals surface area contributed by atoms with Crippen molar-refractivity contribution in [3.05, 3.63) is 17.8 Å². The van der Waals surface area contributed by atoms with E-state index in [1.165, 1.54) is 0 Å². The van der Waals surface area contributed by atoms with Crippen LogP contribution in [0.1, 0.15) is 45.3 Å². The lowest BCUT2D eigenvalue weighted by Gasteiger charge is -2.53. The van der Waals surface area contributed by atoms with Crippen LogP contribution in [0.3, 0.4) is 0 Å². The normalized spacial score (nSPS) is 31.3. The Kier molecular flexibility index (Phi) is 4.07. The molecule has 2 rings (SSSR count). The van der Waals surface area contributed by atoms with Gasteiger partial charge in [0.15, 0.2) is 0 Å². The van der Waals surface area contributed by atoms with Crippen molar-refractivity contribution in [3.8, 4) is 0 Å². The van der Waals surface area contributed by atoms with Crippen LogP contribution in [0.4, 0.5) is 0 Å². The minimum absolute atomic E-state index is 0.234. The van der Waals surface area contributed by atoms with Gasteiger partial charge in [0.1, 0.15) is 5.76 Å². The average Bonchev–Trinajstić information content (AvgIpc) is 2.77. The van der Waals surface area contributed by atoms with Gasteiger partial charge in [-0.15, -0.1) is 0 Å². The van der Waals surface area contributed by atoms with Crippen LogP contribution < -0.4 is 5.32 Å². The molecule has 1 fully saturated rings. The second-order valence-corrected chi connectivity index (χ2v) is 5.34. The van der Waals surface area contributed by atoms with E-state index in [4.69, 9.17) is 9.15 Å². The quantitative estimate of drug-likeness (QED) is 0.845. The average molecular weight is 252 g/mol. The van der Waals surface area contributed by atoms with Crippen LogP contribution in [-0.4, -0.2) is 23.7 Å². The third-order valence-corrected chi connectivity index (χ3v) is 4.28. The van der Waals surface area contributed by atoms with Gasteiger partial charge >= 0.3 is 0 Å². The highest BCUT2D eigenvalue weighted by atomic mass is 16.5. The van der Waals surface area contributed by atoms with E-state index in [-0.39, 0.29) is 5.41 Å². The number of hydrogen-bond acceptors (Lipinski definition) is 4. The lowest BCUT2D eigenvalue weighted by Crippen LogP contribution is -2.61. The zero-order valence-corrected chi connectivity index (χ0v) is 11.8. The summed E-state index contributed by atoms with van der Waals surface area (Å²) in [5.74, 6) is 1.64. The zero-order valence-electron chi connectivity index (χ0n) is 11.8. The lowest BCUT2D eigenvalue weighted by molar-refractivity contribution is -0.126. The molecule has 1 saturated carbocycles. The number of aromatic nitrogens is 1. The smallest absolute Gasteiger partial charge is 0.208 e. The molecule has 1 aliphatic carbocycles. The van der Waals surface area contributed by atoms with E-state index in [9.17, 15) is 0 Å². The molecule has 0 aromatic carbocycles.